The lowest BCUT2D eigenvalue weighted by molar-refractivity contribution is -0.140. The monoisotopic (exact) mass is 317 g/mol. The van der Waals surface area contributed by atoms with Crippen LogP contribution in [0.1, 0.15) is 24.1 Å². The van der Waals surface area contributed by atoms with Crippen molar-refractivity contribution in [2.24, 2.45) is 0 Å². The highest BCUT2D eigenvalue weighted by molar-refractivity contribution is 5.72. The molecule has 0 amide bonds. The smallest absolute Gasteiger partial charge is 0.328 e. The number of rotatable bonds is 3. The van der Waals surface area contributed by atoms with Crippen LogP contribution in [0.2, 0.25) is 0 Å². The second-order valence-corrected chi connectivity index (χ2v) is 5.26. The molecule has 0 spiro atoms. The topological polar surface area (TPSA) is 68.0 Å². The van der Waals surface area contributed by atoms with E-state index in [-0.39, 0.29) is 0 Å². The van der Waals surface area contributed by atoms with Gasteiger partial charge in [0.25, 0.3) is 0 Å². The van der Waals surface area contributed by atoms with Gasteiger partial charge in [-0.1, -0.05) is 53.5 Å². The highest BCUT2D eigenvalue weighted by Crippen LogP contribution is 2.21. The van der Waals surface area contributed by atoms with Crippen LogP contribution in [-0.4, -0.2) is 26.1 Å². The molecule has 0 aliphatic rings. The van der Waals surface area contributed by atoms with Crippen molar-refractivity contribution < 1.29 is 9.90 Å². The van der Waals surface area contributed by atoms with E-state index in [1.54, 1.807) is 13.1 Å². The van der Waals surface area contributed by atoms with Crippen molar-refractivity contribution in [3.8, 4) is 23.1 Å². The fourth-order valence-corrected chi connectivity index (χ4v) is 2.18. The van der Waals surface area contributed by atoms with Gasteiger partial charge < -0.3 is 5.11 Å². The largest absolute Gasteiger partial charge is 0.480 e. The third-order valence-corrected chi connectivity index (χ3v) is 3.58. The van der Waals surface area contributed by atoms with Crippen molar-refractivity contribution in [3.05, 3.63) is 71.9 Å². The predicted molar refractivity (Wildman–Crippen MR) is 90.2 cm³/mol. The minimum Gasteiger partial charge on any atom is -0.480 e. The number of hydrogen-bond donors (Lipinski definition) is 1. The Kier molecular flexibility index (Phi) is 4.39. The summed E-state index contributed by atoms with van der Waals surface area (Å²) in [6.07, 6.45) is 1.63. The molecule has 0 saturated carbocycles. The molecule has 5 heteroatoms. The van der Waals surface area contributed by atoms with Crippen LogP contribution < -0.4 is 0 Å². The third kappa shape index (κ3) is 3.33. The average Bonchev–Trinajstić information content (AvgIpc) is 3.10. The van der Waals surface area contributed by atoms with Crippen LogP contribution in [0.15, 0.2) is 60.8 Å². The minimum atomic E-state index is -0.955. The lowest BCUT2D eigenvalue weighted by Crippen LogP contribution is -2.15. The molecule has 5 nitrogen and oxygen atoms in total. The number of carbonyl (C=O) groups is 1. The van der Waals surface area contributed by atoms with E-state index in [2.05, 4.69) is 22.2 Å². The van der Waals surface area contributed by atoms with Gasteiger partial charge in [-0.05, 0) is 25.1 Å². The first-order valence-corrected chi connectivity index (χ1v) is 7.46. The summed E-state index contributed by atoms with van der Waals surface area (Å²) in [5.74, 6) is 5.31. The van der Waals surface area contributed by atoms with Crippen molar-refractivity contribution in [2.75, 3.05) is 0 Å². The highest BCUT2D eigenvalue weighted by atomic mass is 16.4. The Balaban J connectivity index is 1.96. The number of aromatic nitrogens is 3. The van der Waals surface area contributed by atoms with Crippen molar-refractivity contribution >= 4 is 5.97 Å². The summed E-state index contributed by atoms with van der Waals surface area (Å²) >= 11 is 0. The molecule has 0 bridgehead atoms. The van der Waals surface area contributed by atoms with Crippen molar-refractivity contribution in [1.82, 2.24) is 15.0 Å². The summed E-state index contributed by atoms with van der Waals surface area (Å²) in [7, 11) is 0. The number of nitrogens with zero attached hydrogens (tertiary/aromatic N) is 3. The Morgan fingerprint density at radius 2 is 1.79 bits per heavy atom. The van der Waals surface area contributed by atoms with E-state index < -0.39 is 12.0 Å². The first kappa shape index (κ1) is 15.5. The van der Waals surface area contributed by atoms with Crippen LogP contribution in [0.4, 0.5) is 0 Å². The van der Waals surface area contributed by atoms with E-state index >= 15 is 0 Å². The van der Waals surface area contributed by atoms with Crippen LogP contribution in [0, 0.1) is 11.8 Å². The summed E-state index contributed by atoms with van der Waals surface area (Å²) in [6, 6.07) is 16.5. The summed E-state index contributed by atoms with van der Waals surface area (Å²) in [6.45, 7) is 1.56. The molecule has 1 heterocycles. The fraction of sp³-hybridized carbons (Fsp3) is 0.105. The normalized spacial score (nSPS) is 11.4. The summed E-state index contributed by atoms with van der Waals surface area (Å²) in [5, 5.41) is 17.1. The van der Waals surface area contributed by atoms with Crippen LogP contribution in [0.25, 0.3) is 11.3 Å². The lowest BCUT2D eigenvalue weighted by Gasteiger charge is -2.04. The number of hydrogen-bond acceptors (Lipinski definition) is 3. The van der Waals surface area contributed by atoms with Gasteiger partial charge in [-0.2, -0.15) is 0 Å². The quantitative estimate of drug-likeness (QED) is 0.754. The molecule has 1 atom stereocenters. The van der Waals surface area contributed by atoms with Crippen molar-refractivity contribution in [1.29, 1.82) is 0 Å². The molecule has 24 heavy (non-hydrogen) atoms. The number of carboxylic acids is 1. The van der Waals surface area contributed by atoms with Gasteiger partial charge in [0.15, 0.2) is 0 Å². The molecular formula is C19H15N3O2. The van der Waals surface area contributed by atoms with Gasteiger partial charge in [-0.3, -0.25) is 0 Å². The molecule has 118 valence electrons. The first-order chi connectivity index (χ1) is 11.6. The summed E-state index contributed by atoms with van der Waals surface area (Å²) in [5.41, 5.74) is 3.16. The summed E-state index contributed by atoms with van der Waals surface area (Å²) in [4.78, 5) is 11.1. The van der Waals surface area contributed by atoms with Crippen LogP contribution in [0.3, 0.4) is 0 Å². The maximum atomic E-state index is 11.1. The second-order valence-electron chi connectivity index (χ2n) is 5.26. The minimum absolute atomic E-state index is 0.598. The molecule has 0 aliphatic carbocycles. The summed E-state index contributed by atoms with van der Waals surface area (Å²) < 4.78 is 1.33. The zero-order valence-corrected chi connectivity index (χ0v) is 13.0. The van der Waals surface area contributed by atoms with Crippen molar-refractivity contribution in [3.63, 3.8) is 0 Å². The standard InChI is InChI=1S/C19H15N3O2/c1-14(19(23)24)22-13-18(20-21-22)17-10-6-5-9-16(17)12-11-15-7-3-2-4-8-15/h2-10,13-14H,1H3,(H,23,24). The van der Waals surface area contributed by atoms with Crippen molar-refractivity contribution in [2.45, 2.75) is 13.0 Å². The molecule has 3 aromatic rings. The molecule has 1 N–H and O–H groups in total. The maximum absolute atomic E-state index is 11.1. The number of aliphatic carboxylic acids is 1. The molecule has 0 aliphatic heterocycles. The van der Waals surface area contributed by atoms with Gasteiger partial charge in [0, 0.05) is 16.7 Å². The lowest BCUT2D eigenvalue weighted by atomic mass is 10.0. The van der Waals surface area contributed by atoms with Crippen LogP contribution in [-0.2, 0) is 4.79 Å². The van der Waals surface area contributed by atoms with Gasteiger partial charge in [0.1, 0.15) is 11.7 Å². The van der Waals surface area contributed by atoms with E-state index in [1.807, 2.05) is 54.6 Å². The Bertz CT molecular complexity index is 920. The van der Waals surface area contributed by atoms with Crippen LogP contribution >= 0.6 is 0 Å². The molecule has 0 saturated heterocycles. The SMILES string of the molecule is CC(C(=O)O)n1cc(-c2ccccc2C#Cc2ccccc2)nn1. The van der Waals surface area contributed by atoms with E-state index in [4.69, 9.17) is 5.11 Å². The highest BCUT2D eigenvalue weighted by Gasteiger charge is 2.16. The second kappa shape index (κ2) is 6.80. The Morgan fingerprint density at radius 1 is 1.08 bits per heavy atom. The van der Waals surface area contributed by atoms with E-state index in [9.17, 15) is 4.79 Å². The molecule has 0 radical (unpaired) electrons. The molecule has 3 rings (SSSR count). The van der Waals surface area contributed by atoms with Gasteiger partial charge in [-0.25, -0.2) is 9.48 Å². The number of carboxylic acid groups (broad SMARTS) is 1. The first-order valence-electron chi connectivity index (χ1n) is 7.46. The molecule has 1 unspecified atom stereocenters. The zero-order chi connectivity index (χ0) is 16.9. The van der Waals surface area contributed by atoms with Gasteiger partial charge in [0.05, 0.1) is 6.20 Å². The Hall–Kier alpha value is -3.39. The zero-order valence-electron chi connectivity index (χ0n) is 13.0. The third-order valence-electron chi connectivity index (χ3n) is 3.58. The van der Waals surface area contributed by atoms with E-state index in [0.29, 0.717) is 5.69 Å². The predicted octanol–water partition coefficient (Wildman–Crippen LogP) is 2.99. The van der Waals surface area contributed by atoms with Crippen LogP contribution in [0.5, 0.6) is 0 Å². The van der Waals surface area contributed by atoms with Gasteiger partial charge in [0.2, 0.25) is 0 Å². The average molecular weight is 317 g/mol. The molecule has 1 aromatic heterocycles. The molecule has 2 aromatic carbocycles. The Labute approximate surface area is 139 Å². The van der Waals surface area contributed by atoms with E-state index in [1.165, 1.54) is 4.68 Å². The molecular weight excluding hydrogens is 302 g/mol. The molecule has 0 fully saturated rings. The number of benzene rings is 2. The Morgan fingerprint density at radius 3 is 2.54 bits per heavy atom. The van der Waals surface area contributed by atoms with Gasteiger partial charge in [-0.15, -0.1) is 5.10 Å². The maximum Gasteiger partial charge on any atom is 0.328 e. The van der Waals surface area contributed by atoms with Gasteiger partial charge >= 0.3 is 5.97 Å². The fourth-order valence-electron chi connectivity index (χ4n) is 2.18. The van der Waals surface area contributed by atoms with E-state index in [0.717, 1.165) is 16.7 Å².